The summed E-state index contributed by atoms with van der Waals surface area (Å²) in [6.07, 6.45) is 0. The first-order valence-corrected chi connectivity index (χ1v) is 5.93. The molecule has 18 heavy (non-hydrogen) atoms. The lowest BCUT2D eigenvalue weighted by Gasteiger charge is -2.12. The fraction of sp³-hybridized carbons (Fsp3) is 0.200. The van der Waals surface area contributed by atoms with Crippen molar-refractivity contribution in [3.63, 3.8) is 0 Å². The molecule has 0 radical (unpaired) electrons. The van der Waals surface area contributed by atoms with Gasteiger partial charge in [-0.2, -0.15) is 0 Å². The Labute approximate surface area is 118 Å². The molecule has 0 fully saturated rings. The molecule has 98 valence electrons. The molecule has 1 unspecified atom stereocenters. The molecular weight excluding hydrogens is 300 g/mol. The monoisotopic (exact) mass is 309 g/mol. The quantitative estimate of drug-likeness (QED) is 0.264. The highest BCUT2D eigenvalue weighted by molar-refractivity contribution is 6.44. The van der Waals surface area contributed by atoms with Gasteiger partial charge >= 0.3 is 0 Å². The number of hydrogen-bond donors (Lipinski definition) is 3. The Morgan fingerprint density at radius 3 is 2.44 bits per heavy atom. The van der Waals surface area contributed by atoms with Gasteiger partial charge < -0.3 is 16.3 Å². The maximum Gasteiger partial charge on any atom is 0.234 e. The van der Waals surface area contributed by atoms with Crippen LogP contribution in [0, 0.1) is 5.92 Å². The number of carbonyl (C=O) groups excluding carboxylic acids is 1. The van der Waals surface area contributed by atoms with Gasteiger partial charge in [0, 0.05) is 0 Å². The number of amides is 1. The summed E-state index contributed by atoms with van der Waals surface area (Å²) in [6, 6.07) is 2.83. The van der Waals surface area contributed by atoms with Gasteiger partial charge in [0.25, 0.3) is 0 Å². The van der Waals surface area contributed by atoms with E-state index in [9.17, 15) is 4.79 Å². The van der Waals surface area contributed by atoms with Crippen molar-refractivity contribution < 1.29 is 10.0 Å². The van der Waals surface area contributed by atoms with Crippen molar-refractivity contribution in [3.8, 4) is 0 Å². The Morgan fingerprint density at radius 1 is 1.33 bits per heavy atom. The van der Waals surface area contributed by atoms with Gasteiger partial charge in [-0.05, 0) is 19.1 Å². The molecule has 4 N–H and O–H groups in total. The summed E-state index contributed by atoms with van der Waals surface area (Å²) in [5.41, 5.74) is 5.62. The van der Waals surface area contributed by atoms with Crippen LogP contribution in [-0.2, 0) is 4.79 Å². The third-order valence-electron chi connectivity index (χ3n) is 2.22. The molecule has 1 aromatic carbocycles. The van der Waals surface area contributed by atoms with E-state index in [-0.39, 0.29) is 20.9 Å². The number of amidine groups is 1. The summed E-state index contributed by atoms with van der Waals surface area (Å²) in [4.78, 5) is 11.7. The van der Waals surface area contributed by atoms with Gasteiger partial charge in [-0.25, -0.2) is 0 Å². The highest BCUT2D eigenvalue weighted by Gasteiger charge is 2.19. The first kappa shape index (κ1) is 14.9. The minimum Gasteiger partial charge on any atom is -0.409 e. The maximum atomic E-state index is 11.7. The standard InChI is InChI=1S/C10H10Cl3N3O2/c1-4(9(14)16-18)10(17)15-8-3-6(12)5(11)2-7(8)13/h2-4,18H,1H3,(H2,14,16)(H,15,17). The minimum atomic E-state index is -0.805. The van der Waals surface area contributed by atoms with Crippen LogP contribution in [0.25, 0.3) is 0 Å². The van der Waals surface area contributed by atoms with Gasteiger partial charge in [-0.15, -0.1) is 0 Å². The normalized spacial score (nSPS) is 13.2. The first-order valence-electron chi connectivity index (χ1n) is 4.79. The molecule has 0 bridgehead atoms. The Hall–Kier alpha value is -1.17. The molecular formula is C10H10Cl3N3O2. The summed E-state index contributed by atoms with van der Waals surface area (Å²) in [7, 11) is 0. The smallest absolute Gasteiger partial charge is 0.234 e. The number of halogens is 3. The molecule has 0 spiro atoms. The zero-order valence-corrected chi connectivity index (χ0v) is 11.5. The average Bonchev–Trinajstić information content (AvgIpc) is 2.33. The molecule has 0 heterocycles. The third kappa shape index (κ3) is 3.41. The zero-order chi connectivity index (χ0) is 13.9. The van der Waals surface area contributed by atoms with Crippen LogP contribution in [-0.4, -0.2) is 17.0 Å². The Kier molecular flexibility index (Phi) is 5.07. The second kappa shape index (κ2) is 6.13. The van der Waals surface area contributed by atoms with Crippen molar-refractivity contribution in [2.45, 2.75) is 6.92 Å². The molecule has 0 aliphatic heterocycles. The SMILES string of the molecule is CC(C(=O)Nc1cc(Cl)c(Cl)cc1Cl)C(N)=NO. The molecule has 1 rings (SSSR count). The van der Waals surface area contributed by atoms with Crippen molar-refractivity contribution in [1.29, 1.82) is 0 Å². The molecule has 0 saturated heterocycles. The zero-order valence-electron chi connectivity index (χ0n) is 9.25. The number of rotatable bonds is 3. The summed E-state index contributed by atoms with van der Waals surface area (Å²) >= 11 is 17.5. The van der Waals surface area contributed by atoms with E-state index in [4.69, 9.17) is 45.7 Å². The lowest BCUT2D eigenvalue weighted by molar-refractivity contribution is -0.117. The van der Waals surface area contributed by atoms with Crippen molar-refractivity contribution in [1.82, 2.24) is 0 Å². The van der Waals surface area contributed by atoms with E-state index in [0.717, 1.165) is 0 Å². The largest absolute Gasteiger partial charge is 0.409 e. The predicted octanol–water partition coefficient (Wildman–Crippen LogP) is 2.97. The molecule has 1 aromatic rings. The van der Waals surface area contributed by atoms with Gasteiger partial charge in [0.15, 0.2) is 5.84 Å². The molecule has 5 nitrogen and oxygen atoms in total. The number of nitrogens with one attached hydrogen (secondary N) is 1. The van der Waals surface area contributed by atoms with Gasteiger partial charge in [-0.1, -0.05) is 40.0 Å². The summed E-state index contributed by atoms with van der Waals surface area (Å²) in [5.74, 6) is -1.49. The number of benzene rings is 1. The van der Waals surface area contributed by atoms with Crippen LogP contribution in [0.1, 0.15) is 6.92 Å². The summed E-state index contributed by atoms with van der Waals surface area (Å²) in [6.45, 7) is 1.48. The van der Waals surface area contributed by atoms with Crippen LogP contribution in [0.15, 0.2) is 17.3 Å². The predicted molar refractivity (Wildman–Crippen MR) is 72.7 cm³/mol. The van der Waals surface area contributed by atoms with Crippen LogP contribution < -0.4 is 11.1 Å². The van der Waals surface area contributed by atoms with Crippen molar-refractivity contribution in [2.24, 2.45) is 16.8 Å². The van der Waals surface area contributed by atoms with Crippen LogP contribution in [0.5, 0.6) is 0 Å². The van der Waals surface area contributed by atoms with Crippen molar-refractivity contribution >= 4 is 52.2 Å². The Balaban J connectivity index is 2.92. The molecule has 0 aliphatic rings. The highest BCUT2D eigenvalue weighted by atomic mass is 35.5. The maximum absolute atomic E-state index is 11.7. The number of hydrogen-bond acceptors (Lipinski definition) is 3. The number of nitrogens with zero attached hydrogens (tertiary/aromatic N) is 1. The van der Waals surface area contributed by atoms with E-state index >= 15 is 0 Å². The van der Waals surface area contributed by atoms with Crippen LogP contribution in [0.3, 0.4) is 0 Å². The van der Waals surface area contributed by atoms with Crippen molar-refractivity contribution in [3.05, 3.63) is 27.2 Å². The Morgan fingerprint density at radius 2 is 1.89 bits per heavy atom. The number of carbonyl (C=O) groups is 1. The van der Waals surface area contributed by atoms with E-state index in [1.165, 1.54) is 19.1 Å². The van der Waals surface area contributed by atoms with Crippen molar-refractivity contribution in [2.75, 3.05) is 5.32 Å². The van der Waals surface area contributed by atoms with Gasteiger partial charge in [0.1, 0.15) is 0 Å². The average molecular weight is 311 g/mol. The summed E-state index contributed by atoms with van der Waals surface area (Å²) < 4.78 is 0. The lowest BCUT2D eigenvalue weighted by Crippen LogP contribution is -2.32. The third-order valence-corrected chi connectivity index (χ3v) is 3.26. The topological polar surface area (TPSA) is 87.7 Å². The highest BCUT2D eigenvalue weighted by Crippen LogP contribution is 2.32. The molecule has 8 heteroatoms. The van der Waals surface area contributed by atoms with Gasteiger partial charge in [0.2, 0.25) is 5.91 Å². The Bertz CT molecular complexity index is 505. The molecule has 1 amide bonds. The minimum absolute atomic E-state index is 0.205. The van der Waals surface area contributed by atoms with E-state index in [1.54, 1.807) is 0 Å². The fourth-order valence-corrected chi connectivity index (χ4v) is 1.67. The van der Waals surface area contributed by atoms with Crippen LogP contribution >= 0.6 is 34.8 Å². The molecule has 0 aliphatic carbocycles. The van der Waals surface area contributed by atoms with E-state index in [2.05, 4.69) is 10.5 Å². The van der Waals surface area contributed by atoms with Crippen LogP contribution in [0.4, 0.5) is 5.69 Å². The first-order chi connectivity index (χ1) is 8.36. The lowest BCUT2D eigenvalue weighted by atomic mass is 10.1. The molecule has 0 saturated carbocycles. The van der Waals surface area contributed by atoms with Gasteiger partial charge in [-0.3, -0.25) is 4.79 Å². The second-order valence-electron chi connectivity index (χ2n) is 3.48. The second-order valence-corrected chi connectivity index (χ2v) is 4.70. The van der Waals surface area contributed by atoms with E-state index in [1.807, 2.05) is 0 Å². The van der Waals surface area contributed by atoms with Crippen LogP contribution in [0.2, 0.25) is 15.1 Å². The number of nitrogens with two attached hydrogens (primary N) is 1. The van der Waals surface area contributed by atoms with Gasteiger partial charge in [0.05, 0.1) is 26.7 Å². The molecule has 0 aromatic heterocycles. The fourth-order valence-electron chi connectivity index (χ4n) is 1.08. The van der Waals surface area contributed by atoms with E-state index in [0.29, 0.717) is 5.69 Å². The number of oxime groups is 1. The number of anilines is 1. The summed E-state index contributed by atoms with van der Waals surface area (Å²) in [5, 5.41) is 14.5. The van der Waals surface area contributed by atoms with E-state index < -0.39 is 11.8 Å². The molecule has 1 atom stereocenters.